The molecule has 0 aromatic heterocycles. The van der Waals surface area contributed by atoms with Crippen LogP contribution >= 0.6 is 0 Å². The third-order valence-corrected chi connectivity index (χ3v) is 6.33. The Morgan fingerprint density at radius 1 is 1.27 bits per heavy atom. The Kier molecular flexibility index (Phi) is 5.71. The molecule has 0 spiro atoms. The van der Waals surface area contributed by atoms with Crippen LogP contribution in [0.2, 0.25) is 0 Å². The summed E-state index contributed by atoms with van der Waals surface area (Å²) in [5.41, 5.74) is 0.729. The topological polar surface area (TPSA) is 90.7 Å². The van der Waals surface area contributed by atoms with E-state index in [-0.39, 0.29) is 23.4 Å². The van der Waals surface area contributed by atoms with Crippen LogP contribution in [0.5, 0.6) is 0 Å². The van der Waals surface area contributed by atoms with E-state index in [1.54, 1.807) is 35.2 Å². The molecule has 2 fully saturated rings. The molecular weight excluding hydrogens is 354 g/mol. The minimum atomic E-state index is -3.52. The summed E-state index contributed by atoms with van der Waals surface area (Å²) in [5.74, 6) is -0.195. The third kappa shape index (κ3) is 4.30. The van der Waals surface area contributed by atoms with Gasteiger partial charge in [0, 0.05) is 25.2 Å². The van der Waals surface area contributed by atoms with E-state index in [9.17, 15) is 13.2 Å². The van der Waals surface area contributed by atoms with Gasteiger partial charge in [0.1, 0.15) is 6.54 Å². The zero-order valence-electron chi connectivity index (χ0n) is 14.4. The molecule has 1 aromatic rings. The summed E-state index contributed by atoms with van der Waals surface area (Å²) < 4.78 is 31.7. The first kappa shape index (κ1) is 18.6. The molecule has 2 aliphatic rings. The second kappa shape index (κ2) is 7.99. The zero-order valence-corrected chi connectivity index (χ0v) is 15.2. The molecule has 0 bridgehead atoms. The minimum Gasteiger partial charge on any atom is -0.379 e. The van der Waals surface area contributed by atoms with E-state index in [2.05, 4.69) is 0 Å². The summed E-state index contributed by atoms with van der Waals surface area (Å²) >= 11 is 0. The van der Waals surface area contributed by atoms with Crippen molar-refractivity contribution in [3.8, 4) is 6.07 Å². The van der Waals surface area contributed by atoms with E-state index in [1.165, 1.54) is 10.4 Å². The molecule has 1 saturated carbocycles. The SMILES string of the molecule is N#CCN(C(=O)/C=C/c1ccc(S(=O)(=O)N2CCOCC2)cc1)C1CC1. The van der Waals surface area contributed by atoms with Crippen molar-refractivity contribution in [2.45, 2.75) is 23.8 Å². The Morgan fingerprint density at radius 3 is 2.50 bits per heavy atom. The molecule has 0 radical (unpaired) electrons. The van der Waals surface area contributed by atoms with Crippen LogP contribution in [0.25, 0.3) is 6.08 Å². The van der Waals surface area contributed by atoms with Crippen molar-refractivity contribution >= 4 is 22.0 Å². The third-order valence-electron chi connectivity index (χ3n) is 4.42. The maximum absolute atomic E-state index is 12.6. The molecule has 1 heterocycles. The summed E-state index contributed by atoms with van der Waals surface area (Å²) in [7, 11) is -3.52. The summed E-state index contributed by atoms with van der Waals surface area (Å²) in [6, 6.07) is 8.62. The Hall–Kier alpha value is -2.21. The van der Waals surface area contributed by atoms with Gasteiger partial charge in [0.2, 0.25) is 15.9 Å². The standard InChI is InChI=1S/C18H21N3O4S/c19-9-10-21(16-4-5-16)18(22)8-3-15-1-6-17(7-2-15)26(23,24)20-11-13-25-14-12-20/h1-3,6-8,16H,4-5,10-14H2/b8-3+. The van der Waals surface area contributed by atoms with Gasteiger partial charge in [-0.15, -0.1) is 0 Å². The lowest BCUT2D eigenvalue weighted by molar-refractivity contribution is -0.125. The predicted molar refractivity (Wildman–Crippen MR) is 95.4 cm³/mol. The zero-order chi connectivity index (χ0) is 18.6. The highest BCUT2D eigenvalue weighted by Gasteiger charge is 2.31. The average molecular weight is 375 g/mol. The molecule has 7 nitrogen and oxygen atoms in total. The lowest BCUT2D eigenvalue weighted by Crippen LogP contribution is -2.40. The summed E-state index contributed by atoms with van der Waals surface area (Å²) in [5, 5.41) is 8.83. The first-order chi connectivity index (χ1) is 12.5. The van der Waals surface area contributed by atoms with E-state index in [1.807, 2.05) is 6.07 Å². The average Bonchev–Trinajstić information content (AvgIpc) is 3.50. The lowest BCUT2D eigenvalue weighted by Gasteiger charge is -2.26. The van der Waals surface area contributed by atoms with E-state index >= 15 is 0 Å². The molecule has 0 N–H and O–H groups in total. The van der Waals surface area contributed by atoms with E-state index < -0.39 is 10.0 Å². The van der Waals surface area contributed by atoms with Crippen LogP contribution < -0.4 is 0 Å². The largest absolute Gasteiger partial charge is 0.379 e. The van der Waals surface area contributed by atoms with Crippen molar-refractivity contribution in [3.05, 3.63) is 35.9 Å². The Balaban J connectivity index is 1.67. The van der Waals surface area contributed by atoms with Gasteiger partial charge in [0.15, 0.2) is 0 Å². The summed E-state index contributed by atoms with van der Waals surface area (Å²) in [6.45, 7) is 1.61. The minimum absolute atomic E-state index is 0.0879. The van der Waals surface area contributed by atoms with E-state index in [0.29, 0.717) is 26.3 Å². The van der Waals surface area contributed by atoms with Crippen LogP contribution in [0.4, 0.5) is 0 Å². The molecular formula is C18H21N3O4S. The monoisotopic (exact) mass is 375 g/mol. The quantitative estimate of drug-likeness (QED) is 0.551. The van der Waals surface area contributed by atoms with Gasteiger partial charge < -0.3 is 9.64 Å². The first-order valence-corrected chi connectivity index (χ1v) is 10.00. The number of rotatable bonds is 6. The van der Waals surface area contributed by atoms with Gasteiger partial charge in [-0.3, -0.25) is 4.79 Å². The van der Waals surface area contributed by atoms with Crippen molar-refractivity contribution in [1.82, 2.24) is 9.21 Å². The first-order valence-electron chi connectivity index (χ1n) is 8.56. The molecule has 1 amide bonds. The predicted octanol–water partition coefficient (Wildman–Crippen LogP) is 1.24. The van der Waals surface area contributed by atoms with Crippen molar-refractivity contribution in [1.29, 1.82) is 5.26 Å². The molecule has 1 aromatic carbocycles. The van der Waals surface area contributed by atoms with Crippen molar-refractivity contribution in [3.63, 3.8) is 0 Å². The van der Waals surface area contributed by atoms with Gasteiger partial charge in [0.25, 0.3) is 0 Å². The number of benzene rings is 1. The van der Waals surface area contributed by atoms with Gasteiger partial charge in [-0.05, 0) is 36.6 Å². The number of hydrogen-bond acceptors (Lipinski definition) is 5. The second-order valence-corrected chi connectivity index (χ2v) is 8.21. The van der Waals surface area contributed by atoms with Crippen LogP contribution in [-0.4, -0.2) is 62.4 Å². The molecule has 1 aliphatic heterocycles. The highest BCUT2D eigenvalue weighted by molar-refractivity contribution is 7.89. The molecule has 0 unspecified atom stereocenters. The summed E-state index contributed by atoms with van der Waals surface area (Å²) in [4.78, 5) is 14.0. The van der Waals surface area contributed by atoms with Gasteiger partial charge in [-0.25, -0.2) is 8.42 Å². The number of nitriles is 1. The van der Waals surface area contributed by atoms with Gasteiger partial charge in [-0.1, -0.05) is 12.1 Å². The maximum Gasteiger partial charge on any atom is 0.247 e. The van der Waals surface area contributed by atoms with Crippen LogP contribution in [0, 0.1) is 11.3 Å². The Labute approximate surface area is 153 Å². The van der Waals surface area contributed by atoms with E-state index in [0.717, 1.165) is 18.4 Å². The number of morpholine rings is 1. The van der Waals surface area contributed by atoms with Crippen molar-refractivity contribution in [2.24, 2.45) is 0 Å². The molecule has 1 saturated heterocycles. The molecule has 0 atom stereocenters. The van der Waals surface area contributed by atoms with Gasteiger partial charge in [0.05, 0.1) is 24.2 Å². The lowest BCUT2D eigenvalue weighted by atomic mass is 10.2. The van der Waals surface area contributed by atoms with Gasteiger partial charge >= 0.3 is 0 Å². The van der Waals surface area contributed by atoms with Gasteiger partial charge in [-0.2, -0.15) is 9.57 Å². The molecule has 3 rings (SSSR count). The number of sulfonamides is 1. The molecule has 138 valence electrons. The van der Waals surface area contributed by atoms with Crippen LogP contribution in [0.3, 0.4) is 0 Å². The van der Waals surface area contributed by atoms with E-state index in [4.69, 9.17) is 10.00 Å². The van der Waals surface area contributed by atoms with Crippen molar-refractivity contribution in [2.75, 3.05) is 32.8 Å². The summed E-state index contributed by atoms with van der Waals surface area (Å²) in [6.07, 6.45) is 4.95. The number of hydrogen-bond donors (Lipinski definition) is 0. The fourth-order valence-corrected chi connectivity index (χ4v) is 4.21. The highest BCUT2D eigenvalue weighted by atomic mass is 32.2. The van der Waals surface area contributed by atoms with Crippen molar-refractivity contribution < 1.29 is 17.9 Å². The number of carbonyl (C=O) groups is 1. The van der Waals surface area contributed by atoms with Crippen LogP contribution in [-0.2, 0) is 19.6 Å². The fraction of sp³-hybridized carbons (Fsp3) is 0.444. The number of ether oxygens (including phenoxy) is 1. The maximum atomic E-state index is 12.6. The normalized spacial score (nSPS) is 18.6. The molecule has 8 heteroatoms. The highest BCUT2D eigenvalue weighted by Crippen LogP contribution is 2.26. The smallest absolute Gasteiger partial charge is 0.247 e. The number of nitrogens with zero attached hydrogens (tertiary/aromatic N) is 3. The Morgan fingerprint density at radius 2 is 1.92 bits per heavy atom. The van der Waals surface area contributed by atoms with Crippen LogP contribution in [0.1, 0.15) is 18.4 Å². The molecule has 1 aliphatic carbocycles. The number of carbonyl (C=O) groups excluding carboxylic acids is 1. The fourth-order valence-electron chi connectivity index (χ4n) is 2.80. The second-order valence-electron chi connectivity index (χ2n) is 6.27. The number of amides is 1. The van der Waals surface area contributed by atoms with Crippen LogP contribution in [0.15, 0.2) is 35.2 Å². The Bertz CT molecular complexity index is 817. The molecule has 26 heavy (non-hydrogen) atoms.